The monoisotopic (exact) mass is 470 g/mol. The van der Waals surface area contributed by atoms with E-state index in [1.807, 2.05) is 65.0 Å². The zero-order valence-corrected chi connectivity index (χ0v) is 20.7. The predicted octanol–water partition coefficient (Wildman–Crippen LogP) is 7.45. The molecular weight excluding hydrogens is 444 g/mol. The molecule has 1 aromatic heterocycles. The van der Waals surface area contributed by atoms with Crippen molar-refractivity contribution in [2.75, 3.05) is 5.32 Å². The number of aromatic nitrogens is 1. The zero-order valence-electron chi connectivity index (χ0n) is 20.0. The van der Waals surface area contributed by atoms with Gasteiger partial charge >= 0.3 is 0 Å². The lowest BCUT2D eigenvalue weighted by atomic mass is 9.96. The zero-order chi connectivity index (χ0) is 24.6. The van der Waals surface area contributed by atoms with Crippen LogP contribution >= 0.6 is 11.6 Å². The minimum Gasteiger partial charge on any atom is -0.507 e. The molecule has 0 fully saturated rings. The Morgan fingerprint density at radius 2 is 1.74 bits per heavy atom. The van der Waals surface area contributed by atoms with Gasteiger partial charge in [-0.15, -0.1) is 0 Å². The number of fused-ring (bicyclic) bond motifs is 1. The Morgan fingerprint density at radius 1 is 1.00 bits per heavy atom. The second-order valence-electron chi connectivity index (χ2n) is 8.71. The summed E-state index contributed by atoms with van der Waals surface area (Å²) < 4.78 is 0. The molecule has 0 saturated carbocycles. The quantitative estimate of drug-likeness (QED) is 0.304. The van der Waals surface area contributed by atoms with Gasteiger partial charge in [-0.1, -0.05) is 41.4 Å². The Balaban J connectivity index is 1.78. The van der Waals surface area contributed by atoms with Gasteiger partial charge in [0.05, 0.1) is 17.4 Å². The number of nitrogens with one attached hydrogen (secondary N) is 1. The Morgan fingerprint density at radius 3 is 2.47 bits per heavy atom. The third kappa shape index (κ3) is 4.42. The molecule has 4 rings (SSSR count). The van der Waals surface area contributed by atoms with Crippen LogP contribution in [0, 0.1) is 34.6 Å². The van der Waals surface area contributed by atoms with Crippen LogP contribution in [-0.4, -0.2) is 16.0 Å². The Bertz CT molecular complexity index is 1470. The van der Waals surface area contributed by atoms with Crippen LogP contribution in [0.15, 0.2) is 54.7 Å². The van der Waals surface area contributed by atoms with Crippen LogP contribution < -0.4 is 5.32 Å². The third-order valence-corrected chi connectivity index (χ3v) is 6.55. The normalized spacial score (nSPS) is 11.4. The highest BCUT2D eigenvalue weighted by Gasteiger charge is 2.16. The van der Waals surface area contributed by atoms with E-state index >= 15 is 0 Å². The predicted molar refractivity (Wildman–Crippen MR) is 142 cm³/mol. The lowest BCUT2D eigenvalue weighted by Crippen LogP contribution is -2.10. The number of nitrogens with zero attached hydrogens (tertiary/aromatic N) is 1. The summed E-state index contributed by atoms with van der Waals surface area (Å²) >= 11 is 6.58. The van der Waals surface area contributed by atoms with Crippen LogP contribution in [0.5, 0.6) is 5.75 Å². The van der Waals surface area contributed by atoms with Crippen molar-refractivity contribution in [2.45, 2.75) is 34.6 Å². The fraction of sp³-hybridized carbons (Fsp3) is 0.172. The molecule has 0 spiro atoms. The topological polar surface area (TPSA) is 62.2 Å². The van der Waals surface area contributed by atoms with Crippen LogP contribution in [0.1, 0.15) is 33.4 Å². The summed E-state index contributed by atoms with van der Waals surface area (Å²) in [5.74, 6) is 0.0120. The van der Waals surface area contributed by atoms with E-state index in [9.17, 15) is 9.90 Å². The second-order valence-corrected chi connectivity index (χ2v) is 9.12. The maximum Gasteiger partial charge on any atom is 0.248 e. The number of carbonyl (C=O) groups excluding carboxylic acids is 1. The lowest BCUT2D eigenvalue weighted by molar-refractivity contribution is -0.111. The van der Waals surface area contributed by atoms with Crippen LogP contribution in [0.4, 0.5) is 5.69 Å². The summed E-state index contributed by atoms with van der Waals surface area (Å²) in [6.45, 7) is 9.72. The number of aryl methyl sites for hydroxylation is 3. The Hall–Kier alpha value is -3.63. The molecule has 0 bridgehead atoms. The molecule has 0 aliphatic carbocycles. The number of hydrogen-bond donors (Lipinski definition) is 2. The highest BCUT2D eigenvalue weighted by atomic mass is 35.5. The van der Waals surface area contributed by atoms with Gasteiger partial charge in [-0.3, -0.25) is 9.78 Å². The van der Waals surface area contributed by atoms with Gasteiger partial charge in [0.15, 0.2) is 0 Å². The average Bonchev–Trinajstić information content (AvgIpc) is 2.79. The van der Waals surface area contributed by atoms with E-state index in [1.54, 1.807) is 12.3 Å². The number of pyridine rings is 1. The standard InChI is InChI=1S/C29H27ClN2O2/c1-16-12-17(2)28-23(13-16)27(22-8-6-7-9-24(22)30)25(15-31-28)32-26(33)11-10-21-14-18(3)29(34)20(5)19(21)4/h6-15,34H,1-5H3,(H,32,33). The summed E-state index contributed by atoms with van der Waals surface area (Å²) in [6.07, 6.45) is 4.96. The van der Waals surface area contributed by atoms with Gasteiger partial charge in [-0.25, -0.2) is 0 Å². The number of carbonyl (C=O) groups is 1. The number of phenolic OH excluding ortho intramolecular Hbond substituents is 1. The number of benzene rings is 3. The molecule has 1 amide bonds. The molecule has 5 heteroatoms. The highest BCUT2D eigenvalue weighted by Crippen LogP contribution is 2.39. The van der Waals surface area contributed by atoms with Crippen LogP contribution in [0.3, 0.4) is 0 Å². The number of aromatic hydroxyl groups is 1. The van der Waals surface area contributed by atoms with Crippen LogP contribution in [0.25, 0.3) is 28.1 Å². The molecule has 0 unspecified atom stereocenters. The molecule has 2 N–H and O–H groups in total. The van der Waals surface area contributed by atoms with E-state index in [2.05, 4.69) is 22.4 Å². The minimum atomic E-state index is -0.276. The van der Waals surface area contributed by atoms with E-state index in [-0.39, 0.29) is 11.7 Å². The van der Waals surface area contributed by atoms with Crippen molar-refractivity contribution < 1.29 is 9.90 Å². The van der Waals surface area contributed by atoms with Crippen LogP contribution in [-0.2, 0) is 4.79 Å². The average molecular weight is 471 g/mol. The molecule has 0 radical (unpaired) electrons. The highest BCUT2D eigenvalue weighted by molar-refractivity contribution is 6.34. The number of rotatable bonds is 4. The second kappa shape index (κ2) is 9.32. The lowest BCUT2D eigenvalue weighted by Gasteiger charge is -2.16. The number of phenols is 1. The summed E-state index contributed by atoms with van der Waals surface area (Å²) in [4.78, 5) is 17.6. The molecule has 34 heavy (non-hydrogen) atoms. The van der Waals surface area contributed by atoms with Gasteiger partial charge in [0, 0.05) is 27.6 Å². The van der Waals surface area contributed by atoms with E-state index in [0.29, 0.717) is 10.7 Å². The maximum atomic E-state index is 13.0. The van der Waals surface area contributed by atoms with Gasteiger partial charge in [0.1, 0.15) is 5.75 Å². The van der Waals surface area contributed by atoms with E-state index in [1.165, 1.54) is 6.08 Å². The summed E-state index contributed by atoms with van der Waals surface area (Å²) in [6, 6.07) is 13.7. The number of halogens is 1. The van der Waals surface area contributed by atoms with Gasteiger partial charge in [0.2, 0.25) is 5.91 Å². The molecule has 4 nitrogen and oxygen atoms in total. The summed E-state index contributed by atoms with van der Waals surface area (Å²) in [5, 5.41) is 14.7. The van der Waals surface area contributed by atoms with Crippen molar-refractivity contribution in [1.82, 2.24) is 4.98 Å². The van der Waals surface area contributed by atoms with Crippen molar-refractivity contribution in [3.63, 3.8) is 0 Å². The largest absolute Gasteiger partial charge is 0.507 e. The fourth-order valence-electron chi connectivity index (χ4n) is 4.32. The summed E-state index contributed by atoms with van der Waals surface area (Å²) in [7, 11) is 0. The molecule has 0 aliphatic rings. The van der Waals surface area contributed by atoms with E-state index in [4.69, 9.17) is 11.6 Å². The molecule has 172 valence electrons. The van der Waals surface area contributed by atoms with Crippen molar-refractivity contribution in [1.29, 1.82) is 0 Å². The van der Waals surface area contributed by atoms with E-state index < -0.39 is 0 Å². The van der Waals surface area contributed by atoms with E-state index in [0.717, 1.165) is 55.4 Å². The van der Waals surface area contributed by atoms with Gasteiger partial charge in [0.25, 0.3) is 0 Å². The summed E-state index contributed by atoms with van der Waals surface area (Å²) in [5.41, 5.74) is 8.72. The minimum absolute atomic E-state index is 0.276. The SMILES string of the molecule is Cc1cc(C)c2ncc(NC(=O)C=Cc3cc(C)c(O)c(C)c3C)c(-c3ccccc3Cl)c2c1. The first-order chi connectivity index (χ1) is 16.2. The van der Waals surface area contributed by atoms with Crippen molar-refractivity contribution >= 4 is 40.2 Å². The van der Waals surface area contributed by atoms with Crippen LogP contribution in [0.2, 0.25) is 5.02 Å². The number of hydrogen-bond acceptors (Lipinski definition) is 3. The molecular formula is C29H27ClN2O2. The van der Waals surface area contributed by atoms with Gasteiger partial charge in [-0.05, 0) is 86.7 Å². The Kier molecular flexibility index (Phi) is 6.45. The number of amides is 1. The molecule has 0 aliphatic heterocycles. The maximum absolute atomic E-state index is 13.0. The van der Waals surface area contributed by atoms with Gasteiger partial charge < -0.3 is 10.4 Å². The van der Waals surface area contributed by atoms with Gasteiger partial charge in [-0.2, -0.15) is 0 Å². The molecule has 1 heterocycles. The molecule has 0 atom stereocenters. The number of anilines is 1. The smallest absolute Gasteiger partial charge is 0.248 e. The van der Waals surface area contributed by atoms with Crippen molar-refractivity contribution in [3.8, 4) is 16.9 Å². The van der Waals surface area contributed by atoms with Crippen molar-refractivity contribution in [2.24, 2.45) is 0 Å². The first kappa shape index (κ1) is 23.5. The third-order valence-electron chi connectivity index (χ3n) is 6.22. The molecule has 4 aromatic rings. The first-order valence-electron chi connectivity index (χ1n) is 11.1. The van der Waals surface area contributed by atoms with Crippen molar-refractivity contribution in [3.05, 3.63) is 93.1 Å². The molecule has 3 aromatic carbocycles. The Labute approximate surface area is 204 Å². The first-order valence-corrected chi connectivity index (χ1v) is 11.5. The fourth-order valence-corrected chi connectivity index (χ4v) is 4.55. The molecule has 0 saturated heterocycles.